The maximum atomic E-state index is 12.1. The predicted molar refractivity (Wildman–Crippen MR) is 123 cm³/mol. The number of hydrogen-bond acceptors (Lipinski definition) is 4. The second-order valence-electron chi connectivity index (χ2n) is 10.3. The van der Waals surface area contributed by atoms with Crippen LogP contribution in [0.3, 0.4) is 0 Å². The van der Waals surface area contributed by atoms with Gasteiger partial charge in [-0.1, -0.05) is 38.0 Å². The molecular formula is C26H40N2O3. The summed E-state index contributed by atoms with van der Waals surface area (Å²) < 4.78 is 13.0. The second kappa shape index (κ2) is 9.91. The Morgan fingerprint density at radius 2 is 2.00 bits per heavy atom. The van der Waals surface area contributed by atoms with Crippen molar-refractivity contribution in [2.45, 2.75) is 83.5 Å². The third-order valence-corrected chi connectivity index (χ3v) is 7.66. The van der Waals surface area contributed by atoms with Gasteiger partial charge >= 0.3 is 0 Å². The maximum Gasteiger partial charge on any atom is 0.217 e. The van der Waals surface area contributed by atoms with Gasteiger partial charge in [-0.15, -0.1) is 0 Å². The smallest absolute Gasteiger partial charge is 0.217 e. The van der Waals surface area contributed by atoms with E-state index in [1.54, 1.807) is 6.92 Å². The van der Waals surface area contributed by atoms with Gasteiger partial charge in [0.25, 0.3) is 0 Å². The molecule has 5 heteroatoms. The van der Waals surface area contributed by atoms with E-state index in [-0.39, 0.29) is 23.7 Å². The molecule has 1 aliphatic carbocycles. The van der Waals surface area contributed by atoms with Gasteiger partial charge in [-0.3, -0.25) is 9.69 Å². The van der Waals surface area contributed by atoms with Crippen LogP contribution in [0.15, 0.2) is 24.3 Å². The van der Waals surface area contributed by atoms with E-state index in [0.717, 1.165) is 37.1 Å². The van der Waals surface area contributed by atoms with Crippen LogP contribution in [0.4, 0.5) is 0 Å². The molecular weight excluding hydrogens is 388 g/mol. The summed E-state index contributed by atoms with van der Waals surface area (Å²) in [5.41, 5.74) is 0.870. The first-order chi connectivity index (χ1) is 14.9. The highest BCUT2D eigenvalue weighted by Crippen LogP contribution is 2.49. The van der Waals surface area contributed by atoms with Crippen molar-refractivity contribution in [1.82, 2.24) is 10.2 Å². The van der Waals surface area contributed by atoms with Gasteiger partial charge in [0, 0.05) is 36.9 Å². The van der Waals surface area contributed by atoms with Gasteiger partial charge in [-0.05, 0) is 57.7 Å². The van der Waals surface area contributed by atoms with Crippen molar-refractivity contribution in [2.24, 2.45) is 11.8 Å². The molecule has 1 N–H and O–H groups in total. The summed E-state index contributed by atoms with van der Waals surface area (Å²) in [7, 11) is 0. The average molecular weight is 429 g/mol. The maximum absolute atomic E-state index is 12.1. The highest BCUT2D eigenvalue weighted by molar-refractivity contribution is 5.73. The fraction of sp³-hybridized carbons (Fsp3) is 0.731. The largest absolute Gasteiger partial charge is 0.492 e. The van der Waals surface area contributed by atoms with Crippen molar-refractivity contribution in [3.8, 4) is 5.75 Å². The van der Waals surface area contributed by atoms with Crippen molar-refractivity contribution in [3.05, 3.63) is 29.8 Å². The number of nitrogens with zero attached hydrogens (tertiary/aromatic N) is 1. The van der Waals surface area contributed by atoms with Crippen LogP contribution in [0.2, 0.25) is 0 Å². The van der Waals surface area contributed by atoms with E-state index in [9.17, 15) is 4.79 Å². The number of fused-ring (bicyclic) bond motifs is 1. The van der Waals surface area contributed by atoms with E-state index in [1.807, 2.05) is 6.07 Å². The first-order valence-electron chi connectivity index (χ1n) is 12.3. The molecule has 0 bridgehead atoms. The Labute approximate surface area is 187 Å². The van der Waals surface area contributed by atoms with Crippen molar-refractivity contribution in [2.75, 3.05) is 26.2 Å². The molecule has 5 atom stereocenters. The van der Waals surface area contributed by atoms with Gasteiger partial charge in [-0.2, -0.15) is 0 Å². The van der Waals surface area contributed by atoms with Crippen molar-refractivity contribution in [3.63, 3.8) is 0 Å². The summed E-state index contributed by atoms with van der Waals surface area (Å²) >= 11 is 0. The summed E-state index contributed by atoms with van der Waals surface area (Å²) in [6, 6.07) is 8.32. The number of likely N-dealkylation sites (tertiary alicyclic amines) is 1. The first kappa shape index (κ1) is 22.6. The van der Waals surface area contributed by atoms with Crippen LogP contribution in [0, 0.1) is 11.8 Å². The summed E-state index contributed by atoms with van der Waals surface area (Å²) in [5.74, 6) is 2.01. The minimum atomic E-state index is -0.250. The van der Waals surface area contributed by atoms with Crippen LogP contribution >= 0.6 is 0 Å². The molecule has 31 heavy (non-hydrogen) atoms. The SMILES string of the molecule is CC(=O)N[C@@]1(C)C[C@H](c2ccccc2OCCN2CCCCC2)O[C@@H]2C[C@H](C)CC[C@H]21. The normalized spacial score (nSPS) is 34.0. The van der Waals surface area contributed by atoms with Crippen LogP contribution < -0.4 is 10.1 Å². The number of nitrogens with one attached hydrogen (secondary N) is 1. The summed E-state index contributed by atoms with van der Waals surface area (Å²) in [6.45, 7) is 10.2. The molecule has 3 fully saturated rings. The third kappa shape index (κ3) is 5.43. The van der Waals surface area contributed by atoms with Crippen LogP contribution in [-0.2, 0) is 9.53 Å². The van der Waals surface area contributed by atoms with Gasteiger partial charge in [0.1, 0.15) is 12.4 Å². The Morgan fingerprint density at radius 1 is 1.23 bits per heavy atom. The lowest BCUT2D eigenvalue weighted by atomic mass is 9.66. The molecule has 4 rings (SSSR count). The number of amides is 1. The highest BCUT2D eigenvalue weighted by Gasteiger charge is 2.49. The number of hydrogen-bond donors (Lipinski definition) is 1. The molecule has 2 aliphatic heterocycles. The van der Waals surface area contributed by atoms with Gasteiger partial charge in [0.2, 0.25) is 5.91 Å². The van der Waals surface area contributed by atoms with Gasteiger partial charge < -0.3 is 14.8 Å². The number of rotatable bonds is 6. The quantitative estimate of drug-likeness (QED) is 0.713. The fourth-order valence-corrected chi connectivity index (χ4v) is 6.08. The molecule has 172 valence electrons. The van der Waals surface area contributed by atoms with E-state index in [2.05, 4.69) is 42.3 Å². The zero-order chi connectivity index (χ0) is 21.8. The number of ether oxygens (including phenoxy) is 2. The minimum Gasteiger partial charge on any atom is -0.492 e. The zero-order valence-corrected chi connectivity index (χ0v) is 19.6. The van der Waals surface area contributed by atoms with Crippen LogP contribution in [0.5, 0.6) is 5.75 Å². The topological polar surface area (TPSA) is 50.8 Å². The van der Waals surface area contributed by atoms with Crippen LogP contribution in [-0.4, -0.2) is 48.7 Å². The molecule has 0 aromatic heterocycles. The second-order valence-corrected chi connectivity index (χ2v) is 10.3. The molecule has 1 aromatic rings. The molecule has 1 aromatic carbocycles. The van der Waals surface area contributed by atoms with E-state index in [0.29, 0.717) is 18.4 Å². The molecule has 0 radical (unpaired) electrons. The Hall–Kier alpha value is -1.59. The zero-order valence-electron chi connectivity index (χ0n) is 19.6. The lowest BCUT2D eigenvalue weighted by molar-refractivity contribution is -0.153. The van der Waals surface area contributed by atoms with Crippen LogP contribution in [0.1, 0.15) is 77.4 Å². The Kier molecular flexibility index (Phi) is 7.22. The monoisotopic (exact) mass is 428 g/mol. The summed E-state index contributed by atoms with van der Waals surface area (Å²) in [5, 5.41) is 3.31. The summed E-state index contributed by atoms with van der Waals surface area (Å²) in [4.78, 5) is 14.6. The fourth-order valence-electron chi connectivity index (χ4n) is 6.08. The van der Waals surface area contributed by atoms with Crippen molar-refractivity contribution >= 4 is 5.91 Å². The number of carbonyl (C=O) groups is 1. The molecule has 3 aliphatic rings. The summed E-state index contributed by atoms with van der Waals surface area (Å²) in [6.07, 6.45) is 8.25. The van der Waals surface area contributed by atoms with Crippen molar-refractivity contribution in [1.29, 1.82) is 0 Å². The third-order valence-electron chi connectivity index (χ3n) is 7.66. The molecule has 1 saturated carbocycles. The van der Waals surface area contributed by atoms with E-state index >= 15 is 0 Å². The van der Waals surface area contributed by atoms with Crippen molar-refractivity contribution < 1.29 is 14.3 Å². The lowest BCUT2D eigenvalue weighted by Gasteiger charge is -2.52. The average Bonchev–Trinajstić information content (AvgIpc) is 2.73. The van der Waals surface area contributed by atoms with Gasteiger partial charge in [-0.25, -0.2) is 0 Å². The minimum absolute atomic E-state index is 0.0478. The molecule has 0 spiro atoms. The Balaban J connectivity index is 1.49. The molecule has 0 unspecified atom stereocenters. The van der Waals surface area contributed by atoms with Crippen LogP contribution in [0.25, 0.3) is 0 Å². The number of piperidine rings is 1. The Morgan fingerprint density at radius 3 is 2.77 bits per heavy atom. The number of para-hydroxylation sites is 1. The van der Waals surface area contributed by atoms with E-state index in [1.165, 1.54) is 38.8 Å². The molecule has 2 saturated heterocycles. The molecule has 2 heterocycles. The number of benzene rings is 1. The number of carbonyl (C=O) groups excluding carboxylic acids is 1. The van der Waals surface area contributed by atoms with Gasteiger partial charge in [0.05, 0.1) is 12.2 Å². The van der Waals surface area contributed by atoms with E-state index < -0.39 is 0 Å². The Bertz CT molecular complexity index is 748. The highest BCUT2D eigenvalue weighted by atomic mass is 16.5. The molecule has 5 nitrogen and oxygen atoms in total. The lowest BCUT2D eigenvalue weighted by Crippen LogP contribution is -2.60. The van der Waals surface area contributed by atoms with Gasteiger partial charge in [0.15, 0.2) is 0 Å². The predicted octanol–water partition coefficient (Wildman–Crippen LogP) is 4.71. The standard InChI is InChI=1S/C26H40N2O3/c1-19-11-12-22-24(17-19)31-25(18-26(22,3)27-20(2)29)21-9-5-6-10-23(21)30-16-15-28-13-7-4-8-14-28/h5-6,9-10,19,22,24-25H,4,7-8,11-18H2,1-3H3,(H,27,29)/t19-,22-,24-,25-,26+/m1/s1. The first-order valence-corrected chi connectivity index (χ1v) is 12.3. The molecule has 1 amide bonds. The van der Waals surface area contributed by atoms with E-state index in [4.69, 9.17) is 9.47 Å².